The lowest BCUT2D eigenvalue weighted by atomic mass is 10.2. The van der Waals surface area contributed by atoms with Crippen LogP contribution in [0.15, 0.2) is 42.6 Å². The molecule has 1 N–H and O–H groups in total. The van der Waals surface area contributed by atoms with E-state index in [1.54, 1.807) is 25.1 Å². The van der Waals surface area contributed by atoms with Crippen LogP contribution < -0.4 is 5.32 Å². The molecule has 2 heterocycles. The van der Waals surface area contributed by atoms with E-state index < -0.39 is 17.8 Å². The number of hydrogen-bond donors (Lipinski definition) is 1. The van der Waals surface area contributed by atoms with Gasteiger partial charge in [0.25, 0.3) is 5.91 Å². The fraction of sp³-hybridized carbons (Fsp3) is 0.118. The van der Waals surface area contributed by atoms with Crippen LogP contribution in [-0.2, 0) is 6.18 Å². The Labute approximate surface area is 161 Å². The van der Waals surface area contributed by atoms with Crippen molar-refractivity contribution in [3.63, 3.8) is 0 Å². The maximum atomic E-state index is 13.1. The van der Waals surface area contributed by atoms with Crippen molar-refractivity contribution in [1.29, 1.82) is 0 Å². The van der Waals surface area contributed by atoms with Gasteiger partial charge in [0.2, 0.25) is 0 Å². The average molecular weight is 415 g/mol. The minimum atomic E-state index is -4.74. The number of carbonyl (C=O) groups excluding carboxylic acids is 1. The molecule has 27 heavy (non-hydrogen) atoms. The second-order valence-corrected chi connectivity index (χ2v) is 6.39. The van der Waals surface area contributed by atoms with E-state index in [1.807, 2.05) is 0 Å². The Morgan fingerprint density at radius 3 is 2.56 bits per heavy atom. The number of benzene rings is 1. The third-order valence-corrected chi connectivity index (χ3v) is 4.14. The van der Waals surface area contributed by atoms with Gasteiger partial charge in [0.05, 0.1) is 5.02 Å². The van der Waals surface area contributed by atoms with Crippen molar-refractivity contribution < 1.29 is 18.0 Å². The molecule has 0 aliphatic heterocycles. The number of aryl methyl sites for hydroxylation is 1. The standard InChI is InChI=1S/C17H11Cl2F3N4O/c1-9-7-10(18)4-5-12(9)24-16(27)13-8-14(17(20,21)22)25-26(13)15-11(19)3-2-6-23-15/h2-8H,1H3,(H,24,27). The zero-order valence-electron chi connectivity index (χ0n) is 13.7. The Balaban J connectivity index is 2.06. The summed E-state index contributed by atoms with van der Waals surface area (Å²) < 4.78 is 40.1. The van der Waals surface area contributed by atoms with E-state index in [4.69, 9.17) is 23.2 Å². The van der Waals surface area contributed by atoms with Crippen LogP contribution in [0.4, 0.5) is 18.9 Å². The zero-order chi connectivity index (χ0) is 19.8. The molecule has 1 amide bonds. The highest BCUT2D eigenvalue weighted by molar-refractivity contribution is 6.32. The summed E-state index contributed by atoms with van der Waals surface area (Å²) in [5.74, 6) is -0.891. The van der Waals surface area contributed by atoms with Crippen LogP contribution in [0.25, 0.3) is 5.82 Å². The van der Waals surface area contributed by atoms with Gasteiger partial charge in [-0.25, -0.2) is 9.67 Å². The fourth-order valence-corrected chi connectivity index (χ4v) is 2.76. The highest BCUT2D eigenvalue weighted by atomic mass is 35.5. The van der Waals surface area contributed by atoms with E-state index in [-0.39, 0.29) is 16.5 Å². The van der Waals surface area contributed by atoms with Gasteiger partial charge >= 0.3 is 6.18 Å². The van der Waals surface area contributed by atoms with Gasteiger partial charge in [-0.2, -0.15) is 18.3 Å². The highest BCUT2D eigenvalue weighted by Gasteiger charge is 2.36. The Morgan fingerprint density at radius 2 is 1.93 bits per heavy atom. The predicted octanol–water partition coefficient (Wildman–Crippen LogP) is 5.15. The molecule has 0 atom stereocenters. The molecule has 10 heteroatoms. The molecule has 2 aromatic heterocycles. The van der Waals surface area contributed by atoms with E-state index in [0.29, 0.717) is 22.3 Å². The van der Waals surface area contributed by atoms with Crippen LogP contribution in [-0.4, -0.2) is 20.7 Å². The number of halogens is 5. The van der Waals surface area contributed by atoms with E-state index in [1.165, 1.54) is 18.3 Å². The van der Waals surface area contributed by atoms with Gasteiger partial charge in [-0.3, -0.25) is 4.79 Å². The van der Waals surface area contributed by atoms with Crippen molar-refractivity contribution in [1.82, 2.24) is 14.8 Å². The van der Waals surface area contributed by atoms with Crippen molar-refractivity contribution in [2.75, 3.05) is 5.32 Å². The van der Waals surface area contributed by atoms with E-state index in [9.17, 15) is 18.0 Å². The molecular weight excluding hydrogens is 404 g/mol. The van der Waals surface area contributed by atoms with Crippen LogP contribution in [0.1, 0.15) is 21.7 Å². The summed E-state index contributed by atoms with van der Waals surface area (Å²) in [6.45, 7) is 1.70. The number of hydrogen-bond acceptors (Lipinski definition) is 3. The molecular formula is C17H11Cl2F3N4O. The third kappa shape index (κ3) is 4.06. The van der Waals surface area contributed by atoms with E-state index in [2.05, 4.69) is 15.4 Å². The molecule has 0 radical (unpaired) electrons. The second-order valence-electron chi connectivity index (χ2n) is 5.55. The summed E-state index contributed by atoms with van der Waals surface area (Å²) >= 11 is 11.9. The van der Waals surface area contributed by atoms with Crippen LogP contribution >= 0.6 is 23.2 Å². The zero-order valence-corrected chi connectivity index (χ0v) is 15.2. The van der Waals surface area contributed by atoms with Crippen LogP contribution in [0.3, 0.4) is 0 Å². The van der Waals surface area contributed by atoms with Gasteiger partial charge in [-0.15, -0.1) is 0 Å². The number of anilines is 1. The van der Waals surface area contributed by atoms with Crippen LogP contribution in [0, 0.1) is 6.92 Å². The van der Waals surface area contributed by atoms with Crippen molar-refractivity contribution in [3.8, 4) is 5.82 Å². The quantitative estimate of drug-likeness (QED) is 0.644. The topological polar surface area (TPSA) is 59.8 Å². The van der Waals surface area contributed by atoms with Gasteiger partial charge in [-0.05, 0) is 42.8 Å². The van der Waals surface area contributed by atoms with Crippen molar-refractivity contribution in [2.24, 2.45) is 0 Å². The molecule has 0 fully saturated rings. The number of carbonyl (C=O) groups is 1. The van der Waals surface area contributed by atoms with Crippen LogP contribution in [0.2, 0.25) is 10.0 Å². The Bertz CT molecular complexity index is 1020. The fourth-order valence-electron chi connectivity index (χ4n) is 2.33. The number of aromatic nitrogens is 3. The Morgan fingerprint density at radius 1 is 1.19 bits per heavy atom. The van der Waals surface area contributed by atoms with E-state index in [0.717, 1.165) is 4.68 Å². The maximum Gasteiger partial charge on any atom is 0.435 e. The molecule has 140 valence electrons. The Hall–Kier alpha value is -2.58. The number of rotatable bonds is 3. The molecule has 0 spiro atoms. The van der Waals surface area contributed by atoms with Crippen molar-refractivity contribution in [3.05, 3.63) is 69.6 Å². The summed E-state index contributed by atoms with van der Waals surface area (Å²) in [5, 5.41) is 6.54. The van der Waals surface area contributed by atoms with Crippen molar-refractivity contribution >= 4 is 34.8 Å². The summed E-state index contributed by atoms with van der Waals surface area (Å²) in [7, 11) is 0. The summed E-state index contributed by atoms with van der Waals surface area (Å²) in [4.78, 5) is 16.6. The second kappa shape index (κ2) is 7.21. The molecule has 0 aliphatic rings. The number of nitrogens with one attached hydrogen (secondary N) is 1. The van der Waals surface area contributed by atoms with Crippen molar-refractivity contribution in [2.45, 2.75) is 13.1 Å². The first-order chi connectivity index (χ1) is 12.7. The number of alkyl halides is 3. The maximum absolute atomic E-state index is 13.1. The normalized spacial score (nSPS) is 11.5. The minimum absolute atomic E-state index is 0.0473. The number of pyridine rings is 1. The molecule has 0 aliphatic carbocycles. The van der Waals surface area contributed by atoms with Crippen LogP contribution in [0.5, 0.6) is 0 Å². The molecule has 0 saturated heterocycles. The van der Waals surface area contributed by atoms with Gasteiger partial charge in [-0.1, -0.05) is 23.2 Å². The SMILES string of the molecule is Cc1cc(Cl)ccc1NC(=O)c1cc(C(F)(F)F)nn1-c1ncccc1Cl. The van der Waals surface area contributed by atoms with Gasteiger partial charge in [0.1, 0.15) is 5.69 Å². The third-order valence-electron chi connectivity index (χ3n) is 3.61. The lowest BCUT2D eigenvalue weighted by Gasteiger charge is -2.10. The number of nitrogens with zero attached hydrogens (tertiary/aromatic N) is 3. The minimum Gasteiger partial charge on any atom is -0.320 e. The average Bonchev–Trinajstić information content (AvgIpc) is 3.03. The summed E-state index contributed by atoms with van der Waals surface area (Å²) in [6.07, 6.45) is -3.40. The summed E-state index contributed by atoms with van der Waals surface area (Å²) in [5.41, 5.74) is -0.550. The summed E-state index contributed by atoms with van der Waals surface area (Å²) in [6, 6.07) is 8.31. The smallest absolute Gasteiger partial charge is 0.320 e. The number of amides is 1. The molecule has 5 nitrogen and oxygen atoms in total. The molecule has 0 unspecified atom stereocenters. The molecule has 0 saturated carbocycles. The monoisotopic (exact) mass is 414 g/mol. The lowest BCUT2D eigenvalue weighted by molar-refractivity contribution is -0.141. The van der Waals surface area contributed by atoms with Gasteiger partial charge in [0.15, 0.2) is 11.5 Å². The first-order valence-corrected chi connectivity index (χ1v) is 8.28. The molecule has 3 rings (SSSR count). The van der Waals surface area contributed by atoms with Gasteiger partial charge < -0.3 is 5.32 Å². The lowest BCUT2D eigenvalue weighted by Crippen LogP contribution is -2.18. The Kier molecular flexibility index (Phi) is 5.12. The first kappa shape index (κ1) is 19.2. The van der Waals surface area contributed by atoms with E-state index >= 15 is 0 Å². The molecule has 3 aromatic rings. The first-order valence-electron chi connectivity index (χ1n) is 7.52. The largest absolute Gasteiger partial charge is 0.435 e. The molecule has 0 bridgehead atoms. The highest BCUT2D eigenvalue weighted by Crippen LogP contribution is 2.31. The predicted molar refractivity (Wildman–Crippen MR) is 95.5 cm³/mol. The molecule has 1 aromatic carbocycles. The van der Waals surface area contributed by atoms with Gasteiger partial charge in [0, 0.05) is 23.0 Å².